The van der Waals surface area contributed by atoms with Gasteiger partial charge in [-0.2, -0.15) is 9.36 Å². The molecule has 14 heavy (non-hydrogen) atoms. The van der Waals surface area contributed by atoms with Crippen molar-refractivity contribution in [3.8, 4) is 11.4 Å². The number of benzene rings is 1. The molecule has 3 nitrogen and oxygen atoms in total. The summed E-state index contributed by atoms with van der Waals surface area (Å²) >= 11 is 0.900. The minimum absolute atomic E-state index is 0.0110. The molecule has 0 aliphatic carbocycles. The fourth-order valence-electron chi connectivity index (χ4n) is 1.05. The third-order valence-corrected chi connectivity index (χ3v) is 2.17. The number of nitrogen functional groups attached to an aromatic ring is 1. The Balaban J connectivity index is 2.61. The van der Waals surface area contributed by atoms with Crippen molar-refractivity contribution < 1.29 is 8.78 Å². The molecular formula is C8H5F2N3S. The van der Waals surface area contributed by atoms with E-state index >= 15 is 0 Å². The first kappa shape index (κ1) is 9.01. The lowest BCUT2D eigenvalue weighted by molar-refractivity contribution is 0.588. The zero-order valence-electron chi connectivity index (χ0n) is 6.87. The van der Waals surface area contributed by atoms with Crippen LogP contribution in [0.4, 0.5) is 13.9 Å². The van der Waals surface area contributed by atoms with Gasteiger partial charge in [0, 0.05) is 11.5 Å². The summed E-state index contributed by atoms with van der Waals surface area (Å²) in [5, 5.41) is 0.183. The molecule has 0 saturated heterocycles. The number of nitrogens with zero attached hydrogens (tertiary/aromatic N) is 2. The number of hydrogen-bond acceptors (Lipinski definition) is 4. The molecule has 2 N–H and O–H groups in total. The lowest BCUT2D eigenvalue weighted by Gasteiger charge is -1.98. The SMILES string of the molecule is Nc1nc(-c2c(F)cccc2F)ns1. The van der Waals surface area contributed by atoms with Crippen molar-refractivity contribution >= 4 is 16.7 Å². The van der Waals surface area contributed by atoms with Crippen LogP contribution < -0.4 is 5.73 Å². The highest BCUT2D eigenvalue weighted by Gasteiger charge is 2.14. The molecule has 2 aromatic rings. The second-order valence-electron chi connectivity index (χ2n) is 2.55. The monoisotopic (exact) mass is 213 g/mol. The second-order valence-corrected chi connectivity index (χ2v) is 3.34. The maximum atomic E-state index is 13.2. The summed E-state index contributed by atoms with van der Waals surface area (Å²) in [5.41, 5.74) is 5.08. The van der Waals surface area contributed by atoms with Crippen LogP contribution >= 0.6 is 11.5 Å². The predicted octanol–water partition coefficient (Wildman–Crippen LogP) is 2.07. The van der Waals surface area contributed by atoms with Crippen molar-refractivity contribution in [2.24, 2.45) is 0 Å². The van der Waals surface area contributed by atoms with Gasteiger partial charge in [0.25, 0.3) is 0 Å². The topological polar surface area (TPSA) is 51.8 Å². The van der Waals surface area contributed by atoms with E-state index in [1.165, 1.54) is 6.07 Å². The third kappa shape index (κ3) is 1.44. The molecule has 0 aliphatic rings. The Labute approximate surface area is 82.4 Å². The summed E-state index contributed by atoms with van der Waals surface area (Å²) in [7, 11) is 0. The van der Waals surface area contributed by atoms with Crippen molar-refractivity contribution in [2.75, 3.05) is 5.73 Å². The number of anilines is 1. The number of rotatable bonds is 1. The van der Waals surface area contributed by atoms with Crippen LogP contribution in [0.3, 0.4) is 0 Å². The van der Waals surface area contributed by atoms with E-state index in [0.717, 1.165) is 23.7 Å². The Hall–Kier alpha value is -1.56. The Bertz CT molecular complexity index is 449. The van der Waals surface area contributed by atoms with Crippen LogP contribution in [-0.2, 0) is 0 Å². The maximum absolute atomic E-state index is 13.2. The number of halogens is 2. The molecule has 6 heteroatoms. The van der Waals surface area contributed by atoms with Crippen LogP contribution in [0, 0.1) is 11.6 Å². The quantitative estimate of drug-likeness (QED) is 0.788. The number of nitrogens with two attached hydrogens (primary N) is 1. The average Bonchev–Trinajstić information content (AvgIpc) is 2.51. The molecule has 2 rings (SSSR count). The molecule has 0 fully saturated rings. The van der Waals surface area contributed by atoms with E-state index < -0.39 is 11.6 Å². The van der Waals surface area contributed by atoms with E-state index in [1.807, 2.05) is 0 Å². The number of aromatic nitrogens is 2. The zero-order chi connectivity index (χ0) is 10.1. The number of hydrogen-bond donors (Lipinski definition) is 1. The van der Waals surface area contributed by atoms with Gasteiger partial charge in [0.2, 0.25) is 0 Å². The summed E-state index contributed by atoms with van der Waals surface area (Å²) in [5.74, 6) is -1.39. The first-order valence-electron chi connectivity index (χ1n) is 3.72. The molecular weight excluding hydrogens is 208 g/mol. The first-order chi connectivity index (χ1) is 6.68. The van der Waals surface area contributed by atoms with Gasteiger partial charge in [-0.3, -0.25) is 0 Å². The maximum Gasteiger partial charge on any atom is 0.200 e. The normalized spacial score (nSPS) is 10.4. The van der Waals surface area contributed by atoms with Crippen molar-refractivity contribution in [2.45, 2.75) is 0 Å². The first-order valence-corrected chi connectivity index (χ1v) is 4.49. The van der Waals surface area contributed by atoms with Crippen LogP contribution in [0.2, 0.25) is 0 Å². The van der Waals surface area contributed by atoms with Crippen LogP contribution in [0.25, 0.3) is 11.4 Å². The lowest BCUT2D eigenvalue weighted by Crippen LogP contribution is -1.91. The Morgan fingerprint density at radius 2 is 1.86 bits per heavy atom. The highest BCUT2D eigenvalue weighted by Crippen LogP contribution is 2.24. The standard InChI is InChI=1S/C8H5F2N3S/c9-4-2-1-3-5(10)6(4)7-12-8(11)14-13-7/h1-3H,(H2,11,12,13). The molecule has 0 radical (unpaired) electrons. The summed E-state index contributed by atoms with van der Waals surface area (Å²) in [6, 6.07) is 3.58. The van der Waals surface area contributed by atoms with Gasteiger partial charge in [0.05, 0.1) is 5.56 Å². The van der Waals surface area contributed by atoms with Crippen molar-refractivity contribution in [3.63, 3.8) is 0 Å². The fraction of sp³-hybridized carbons (Fsp3) is 0. The van der Waals surface area contributed by atoms with Gasteiger partial charge in [0.1, 0.15) is 11.6 Å². The van der Waals surface area contributed by atoms with Gasteiger partial charge >= 0.3 is 0 Å². The van der Waals surface area contributed by atoms with Crippen LogP contribution in [-0.4, -0.2) is 9.36 Å². The molecule has 0 unspecified atom stereocenters. The van der Waals surface area contributed by atoms with Gasteiger partial charge in [-0.25, -0.2) is 8.78 Å². The molecule has 0 atom stereocenters. The Morgan fingerprint density at radius 1 is 1.21 bits per heavy atom. The summed E-state index contributed by atoms with van der Waals surface area (Å²) in [6.07, 6.45) is 0. The van der Waals surface area contributed by atoms with Gasteiger partial charge in [0.15, 0.2) is 11.0 Å². The van der Waals surface area contributed by atoms with E-state index in [-0.39, 0.29) is 16.5 Å². The lowest BCUT2D eigenvalue weighted by atomic mass is 10.2. The van der Waals surface area contributed by atoms with E-state index in [2.05, 4.69) is 9.36 Å². The summed E-state index contributed by atoms with van der Waals surface area (Å²) in [6.45, 7) is 0. The van der Waals surface area contributed by atoms with E-state index in [1.54, 1.807) is 0 Å². The zero-order valence-corrected chi connectivity index (χ0v) is 7.68. The van der Waals surface area contributed by atoms with Crippen molar-refractivity contribution in [3.05, 3.63) is 29.8 Å². The molecule has 0 saturated carbocycles. The highest BCUT2D eigenvalue weighted by molar-refractivity contribution is 7.09. The van der Waals surface area contributed by atoms with Crippen molar-refractivity contribution in [1.29, 1.82) is 0 Å². The molecule has 0 aliphatic heterocycles. The molecule has 0 amide bonds. The smallest absolute Gasteiger partial charge is 0.200 e. The van der Waals surface area contributed by atoms with Crippen LogP contribution in [0.5, 0.6) is 0 Å². The van der Waals surface area contributed by atoms with Gasteiger partial charge in [-0.15, -0.1) is 0 Å². The van der Waals surface area contributed by atoms with E-state index in [0.29, 0.717) is 0 Å². The third-order valence-electron chi connectivity index (χ3n) is 1.63. The molecule has 72 valence electrons. The van der Waals surface area contributed by atoms with E-state index in [4.69, 9.17) is 5.73 Å². The van der Waals surface area contributed by atoms with Gasteiger partial charge in [-0.1, -0.05) is 6.07 Å². The average molecular weight is 213 g/mol. The molecule has 1 heterocycles. The highest BCUT2D eigenvalue weighted by atomic mass is 32.1. The predicted molar refractivity (Wildman–Crippen MR) is 49.7 cm³/mol. The Kier molecular flexibility index (Phi) is 2.12. The molecule has 1 aromatic heterocycles. The summed E-state index contributed by atoms with van der Waals surface area (Å²) in [4.78, 5) is 3.71. The second kappa shape index (κ2) is 3.30. The molecule has 0 spiro atoms. The molecule has 1 aromatic carbocycles. The van der Waals surface area contributed by atoms with Gasteiger partial charge < -0.3 is 5.73 Å². The Morgan fingerprint density at radius 3 is 2.36 bits per heavy atom. The van der Waals surface area contributed by atoms with Crippen LogP contribution in [0.1, 0.15) is 0 Å². The largest absolute Gasteiger partial charge is 0.374 e. The van der Waals surface area contributed by atoms with E-state index in [9.17, 15) is 8.78 Å². The van der Waals surface area contributed by atoms with Crippen LogP contribution in [0.15, 0.2) is 18.2 Å². The molecule has 0 bridgehead atoms. The summed E-state index contributed by atoms with van der Waals surface area (Å²) < 4.78 is 30.1. The van der Waals surface area contributed by atoms with Crippen molar-refractivity contribution in [1.82, 2.24) is 9.36 Å². The minimum Gasteiger partial charge on any atom is -0.374 e. The fourth-order valence-corrected chi connectivity index (χ4v) is 1.49. The minimum atomic E-state index is -0.692. The van der Waals surface area contributed by atoms with Gasteiger partial charge in [-0.05, 0) is 12.1 Å².